The lowest BCUT2D eigenvalue weighted by Crippen LogP contribution is -2.50. The average Bonchev–Trinajstić information content (AvgIpc) is 3.52. The summed E-state index contributed by atoms with van der Waals surface area (Å²) in [6.45, 7) is 3.33. The molecule has 0 aromatic rings. The van der Waals surface area contributed by atoms with E-state index in [1.54, 1.807) is 0 Å². The van der Waals surface area contributed by atoms with Gasteiger partial charge in [-0.3, -0.25) is 9.59 Å². The lowest BCUT2D eigenvalue weighted by Gasteiger charge is -2.56. The smallest absolute Gasteiger partial charge is 0.227 e. The first-order valence-electron chi connectivity index (χ1n) is 15.4. The lowest BCUT2D eigenvalue weighted by molar-refractivity contribution is -0.144. The number of rotatable bonds is 4. The third-order valence-corrected chi connectivity index (χ3v) is 11.9. The molecule has 2 N–H and O–H groups in total. The molecular formula is C31H48ClNO4. The molecule has 6 heteroatoms. The van der Waals surface area contributed by atoms with Crippen LogP contribution in [0.1, 0.15) is 96.3 Å². The summed E-state index contributed by atoms with van der Waals surface area (Å²) < 4.78 is 10.4. The minimum absolute atomic E-state index is 0.0356. The number of carbonyl (C=O) groups is 2. The van der Waals surface area contributed by atoms with Gasteiger partial charge in [0.2, 0.25) is 5.24 Å². The van der Waals surface area contributed by atoms with Crippen LogP contribution in [0.15, 0.2) is 0 Å². The predicted molar refractivity (Wildman–Crippen MR) is 144 cm³/mol. The van der Waals surface area contributed by atoms with Gasteiger partial charge in [-0.1, -0.05) is 0 Å². The molecular weight excluding hydrogens is 486 g/mol. The van der Waals surface area contributed by atoms with Gasteiger partial charge in [0, 0.05) is 43.1 Å². The van der Waals surface area contributed by atoms with Gasteiger partial charge in [0.1, 0.15) is 5.78 Å². The summed E-state index contributed by atoms with van der Waals surface area (Å²) in [7, 11) is 0. The molecule has 5 nitrogen and oxygen atoms in total. The SMILES string of the molecule is NC1CCOC1.O=C(CC1CCOC1)C12CC3CC(CC(C3)C1)C2.O=C(Cl)C12CC3CC(CC(C3)C1)C2. The zero-order valence-corrected chi connectivity index (χ0v) is 23.4. The Kier molecular flexibility index (Phi) is 7.82. The van der Waals surface area contributed by atoms with Gasteiger partial charge in [-0.2, -0.15) is 0 Å². The molecule has 37 heavy (non-hydrogen) atoms. The highest BCUT2D eigenvalue weighted by Crippen LogP contribution is 2.61. The van der Waals surface area contributed by atoms with Gasteiger partial charge in [-0.05, 0) is 143 Å². The highest BCUT2D eigenvalue weighted by atomic mass is 35.5. The zero-order valence-electron chi connectivity index (χ0n) is 22.6. The van der Waals surface area contributed by atoms with E-state index in [0.29, 0.717) is 17.7 Å². The van der Waals surface area contributed by atoms with Gasteiger partial charge in [0.25, 0.3) is 0 Å². The largest absolute Gasteiger partial charge is 0.381 e. The Labute approximate surface area is 228 Å². The highest BCUT2D eigenvalue weighted by Gasteiger charge is 2.55. The first-order chi connectivity index (χ1) is 17.8. The van der Waals surface area contributed by atoms with Crippen molar-refractivity contribution in [3.8, 4) is 0 Å². The van der Waals surface area contributed by atoms with Crippen molar-refractivity contribution in [1.29, 1.82) is 0 Å². The summed E-state index contributed by atoms with van der Waals surface area (Å²) in [6.07, 6.45) is 18.4. The van der Waals surface area contributed by atoms with Gasteiger partial charge >= 0.3 is 0 Å². The molecule has 2 saturated heterocycles. The van der Waals surface area contributed by atoms with E-state index in [9.17, 15) is 9.59 Å². The van der Waals surface area contributed by atoms with Crippen molar-refractivity contribution in [3.63, 3.8) is 0 Å². The molecule has 208 valence electrons. The number of carbonyl (C=O) groups excluding carboxylic acids is 2. The van der Waals surface area contributed by atoms with Crippen LogP contribution in [-0.2, 0) is 19.1 Å². The normalized spacial score (nSPS) is 48.3. The second kappa shape index (κ2) is 10.8. The molecule has 0 radical (unpaired) electrons. The number of hydrogen-bond donors (Lipinski definition) is 1. The van der Waals surface area contributed by atoms with Crippen LogP contribution >= 0.6 is 11.6 Å². The number of nitrogens with two attached hydrogens (primary N) is 1. The summed E-state index contributed by atoms with van der Waals surface area (Å²) in [5.41, 5.74) is 5.46. The summed E-state index contributed by atoms with van der Waals surface area (Å²) in [5, 5.41) is -0.0356. The first kappa shape index (κ1) is 26.7. The molecule has 2 heterocycles. The van der Waals surface area contributed by atoms with Gasteiger partial charge in [-0.15, -0.1) is 0 Å². The van der Waals surface area contributed by atoms with Crippen molar-refractivity contribution in [3.05, 3.63) is 0 Å². The summed E-state index contributed by atoms with van der Waals surface area (Å²) in [4.78, 5) is 24.3. The van der Waals surface area contributed by atoms with E-state index >= 15 is 0 Å². The minimum Gasteiger partial charge on any atom is -0.381 e. The van der Waals surface area contributed by atoms with Crippen molar-refractivity contribution >= 4 is 22.6 Å². The van der Waals surface area contributed by atoms with Crippen LogP contribution in [0.2, 0.25) is 0 Å². The first-order valence-corrected chi connectivity index (χ1v) is 15.8. The van der Waals surface area contributed by atoms with Gasteiger partial charge in [0.15, 0.2) is 0 Å². The second-order valence-corrected chi connectivity index (χ2v) is 15.0. The Balaban J connectivity index is 0.000000115. The second-order valence-electron chi connectivity index (χ2n) is 14.7. The van der Waals surface area contributed by atoms with E-state index in [-0.39, 0.29) is 16.1 Å². The fourth-order valence-electron chi connectivity index (χ4n) is 10.6. The standard InChI is InChI=1S/C16H24O2.C11H15ClO.C4H9NO/c17-15(6-11-1-2-18-10-11)16-7-12-3-13(8-16)5-14(4-12)9-16;12-10(13)11-4-7-1-8(5-11)3-9(2-7)6-11;5-4-1-2-6-3-4/h11-14H,1-10H2;7-9H,1-6H2;4H,1-3,5H2. The van der Waals surface area contributed by atoms with E-state index < -0.39 is 0 Å². The Morgan fingerprint density at radius 3 is 1.43 bits per heavy atom. The number of halogens is 1. The van der Waals surface area contributed by atoms with E-state index in [0.717, 1.165) is 100 Å². The van der Waals surface area contributed by atoms with Crippen LogP contribution in [0.4, 0.5) is 0 Å². The van der Waals surface area contributed by atoms with Crippen LogP contribution in [-0.4, -0.2) is 43.5 Å². The molecule has 2 aliphatic heterocycles. The van der Waals surface area contributed by atoms with Crippen molar-refractivity contribution in [2.75, 3.05) is 26.4 Å². The Morgan fingerprint density at radius 2 is 1.11 bits per heavy atom. The highest BCUT2D eigenvalue weighted by molar-refractivity contribution is 6.64. The van der Waals surface area contributed by atoms with Crippen molar-refractivity contribution < 1.29 is 19.1 Å². The maximum absolute atomic E-state index is 12.8. The summed E-state index contributed by atoms with van der Waals surface area (Å²) >= 11 is 5.76. The third-order valence-electron chi connectivity index (χ3n) is 11.5. The van der Waals surface area contributed by atoms with Gasteiger partial charge in [-0.25, -0.2) is 0 Å². The summed E-state index contributed by atoms with van der Waals surface area (Å²) in [5.74, 6) is 6.29. The van der Waals surface area contributed by atoms with Gasteiger partial charge < -0.3 is 15.2 Å². The molecule has 0 amide bonds. The fraction of sp³-hybridized carbons (Fsp3) is 0.935. The Bertz CT molecular complexity index is 776. The molecule has 10 rings (SSSR count). The predicted octanol–water partition coefficient (Wildman–Crippen LogP) is 5.90. The van der Waals surface area contributed by atoms with Crippen LogP contribution in [0, 0.1) is 52.3 Å². The molecule has 2 atom stereocenters. The van der Waals surface area contributed by atoms with E-state index in [2.05, 4.69) is 0 Å². The topological polar surface area (TPSA) is 78.6 Å². The number of ketones is 1. The number of Topliss-reactive ketones (excluding diaryl/α,β-unsaturated/α-hetero) is 1. The zero-order chi connectivity index (χ0) is 25.6. The van der Waals surface area contributed by atoms with Crippen LogP contribution in [0.3, 0.4) is 0 Å². The third kappa shape index (κ3) is 5.72. The average molecular weight is 534 g/mol. The van der Waals surface area contributed by atoms with E-state index in [4.69, 9.17) is 26.8 Å². The summed E-state index contributed by atoms with van der Waals surface area (Å²) in [6, 6.07) is 0.324. The monoisotopic (exact) mass is 533 g/mol. The van der Waals surface area contributed by atoms with Crippen molar-refractivity contribution in [2.24, 2.45) is 58.0 Å². The Morgan fingerprint density at radius 1 is 0.676 bits per heavy atom. The molecule has 0 aromatic heterocycles. The van der Waals surface area contributed by atoms with Crippen LogP contribution in [0.25, 0.3) is 0 Å². The maximum atomic E-state index is 12.8. The van der Waals surface area contributed by atoms with Crippen LogP contribution in [0.5, 0.6) is 0 Å². The quantitative estimate of drug-likeness (QED) is 0.455. The Hall–Kier alpha value is -0.490. The van der Waals surface area contributed by atoms with Crippen molar-refractivity contribution in [2.45, 2.75) is 102 Å². The molecule has 8 saturated carbocycles. The van der Waals surface area contributed by atoms with E-state index in [1.807, 2.05) is 0 Å². The van der Waals surface area contributed by atoms with Crippen molar-refractivity contribution in [1.82, 2.24) is 0 Å². The number of hydrogen-bond acceptors (Lipinski definition) is 5. The lowest BCUT2D eigenvalue weighted by atomic mass is 9.48. The van der Waals surface area contributed by atoms with E-state index in [1.165, 1.54) is 57.8 Å². The fourth-order valence-corrected chi connectivity index (χ4v) is 10.8. The molecule has 8 aliphatic carbocycles. The molecule has 0 spiro atoms. The molecule has 0 aromatic carbocycles. The molecule has 10 fully saturated rings. The maximum Gasteiger partial charge on any atom is 0.227 e. The van der Waals surface area contributed by atoms with Crippen LogP contribution < -0.4 is 5.73 Å². The number of ether oxygens (including phenoxy) is 2. The molecule has 8 bridgehead atoms. The molecule has 10 aliphatic rings. The van der Waals surface area contributed by atoms with Gasteiger partial charge in [0.05, 0.1) is 6.61 Å². The minimum atomic E-state index is -0.0731. The molecule has 2 unspecified atom stereocenters.